The van der Waals surface area contributed by atoms with Crippen molar-refractivity contribution in [3.8, 4) is 0 Å². The molecule has 0 spiro atoms. The van der Waals surface area contributed by atoms with E-state index in [9.17, 15) is 10.1 Å². The van der Waals surface area contributed by atoms with E-state index in [0.717, 1.165) is 0 Å². The summed E-state index contributed by atoms with van der Waals surface area (Å²) in [5.74, 6) is -0.279. The summed E-state index contributed by atoms with van der Waals surface area (Å²) >= 11 is 31.9. The number of hydrogen-bond donors (Lipinski definition) is 0. The quantitative estimate of drug-likeness (QED) is 0.243. The van der Waals surface area contributed by atoms with E-state index in [1.807, 2.05) is 0 Å². The van der Waals surface area contributed by atoms with Crippen LogP contribution in [0.2, 0.25) is 25.6 Å². The second kappa shape index (κ2) is 8.53. The minimum absolute atomic E-state index is 0.0165. The Hall–Kier alpha value is -1.77. The van der Waals surface area contributed by atoms with Crippen LogP contribution in [0.4, 0.5) is 5.69 Å². The minimum Gasteiger partial charge on any atom is -0.258 e. The lowest BCUT2D eigenvalue weighted by Crippen LogP contribution is -2.12. The predicted molar refractivity (Wildman–Crippen MR) is 113 cm³/mol. The molecular weight excluding hydrogens is 483 g/mol. The zero-order valence-electron chi connectivity index (χ0n) is 14.8. The molecule has 0 bridgehead atoms. The highest BCUT2D eigenvalue weighted by Gasteiger charge is 2.32. The largest absolute Gasteiger partial charge is 0.269 e. The lowest BCUT2D eigenvalue weighted by atomic mass is 9.87. The van der Waals surface area contributed by atoms with Crippen LogP contribution in [0, 0.1) is 24.0 Å². The molecule has 3 rings (SSSR count). The second-order valence-electron chi connectivity index (χ2n) is 5.93. The van der Waals surface area contributed by atoms with E-state index in [-0.39, 0.29) is 48.0 Å². The van der Waals surface area contributed by atoms with Gasteiger partial charge in [-0.25, -0.2) is 19.9 Å². The van der Waals surface area contributed by atoms with Crippen molar-refractivity contribution in [2.45, 2.75) is 19.8 Å². The normalized spacial score (nSPS) is 11.2. The molecule has 0 aliphatic heterocycles. The van der Waals surface area contributed by atoms with Crippen molar-refractivity contribution in [1.29, 1.82) is 0 Å². The Morgan fingerprint density at radius 1 is 0.828 bits per heavy atom. The fourth-order valence-corrected chi connectivity index (χ4v) is 4.43. The van der Waals surface area contributed by atoms with Crippen LogP contribution in [0.5, 0.6) is 0 Å². The molecular formula is C17H10Cl5N5O2. The highest BCUT2D eigenvalue weighted by Crippen LogP contribution is 2.45. The third kappa shape index (κ3) is 4.39. The van der Waals surface area contributed by atoms with Gasteiger partial charge in [0, 0.05) is 34.2 Å². The molecule has 12 heteroatoms. The van der Waals surface area contributed by atoms with Crippen LogP contribution < -0.4 is 0 Å². The Kier molecular flexibility index (Phi) is 6.45. The van der Waals surface area contributed by atoms with Crippen LogP contribution in [-0.2, 0) is 0 Å². The summed E-state index contributed by atoms with van der Waals surface area (Å²) in [5, 5.41) is 11.6. The molecule has 0 saturated carbocycles. The fraction of sp³-hybridized carbons (Fsp3) is 0.176. The smallest absolute Gasteiger partial charge is 0.258 e. The van der Waals surface area contributed by atoms with Gasteiger partial charge in [0.2, 0.25) is 0 Å². The summed E-state index contributed by atoms with van der Waals surface area (Å²) in [6, 6.07) is 3.94. The number of aromatic nitrogens is 4. The van der Waals surface area contributed by atoms with Crippen LogP contribution in [0.15, 0.2) is 18.2 Å². The Balaban J connectivity index is 2.43. The molecule has 0 radical (unpaired) electrons. The summed E-state index contributed by atoms with van der Waals surface area (Å²) in [5.41, 5.74) is 0.512. The number of non-ortho nitro benzene ring substituents is 1. The van der Waals surface area contributed by atoms with Crippen LogP contribution in [-0.4, -0.2) is 24.9 Å². The molecule has 7 nitrogen and oxygen atoms in total. The van der Waals surface area contributed by atoms with E-state index >= 15 is 0 Å². The first-order valence-corrected chi connectivity index (χ1v) is 9.82. The molecule has 0 N–H and O–H groups in total. The van der Waals surface area contributed by atoms with E-state index in [0.29, 0.717) is 11.6 Å². The maximum atomic E-state index is 11.3. The third-order valence-electron chi connectivity index (χ3n) is 4.01. The van der Waals surface area contributed by atoms with Gasteiger partial charge >= 0.3 is 0 Å². The number of nitro benzene ring substituents is 1. The van der Waals surface area contributed by atoms with Gasteiger partial charge in [-0.15, -0.1) is 0 Å². The van der Waals surface area contributed by atoms with Gasteiger partial charge in [0.05, 0.1) is 4.92 Å². The molecule has 0 amide bonds. The van der Waals surface area contributed by atoms with Crippen molar-refractivity contribution in [3.63, 3.8) is 0 Å². The summed E-state index contributed by atoms with van der Waals surface area (Å²) in [7, 11) is 0. The number of benzene rings is 1. The Morgan fingerprint density at radius 2 is 1.24 bits per heavy atom. The molecule has 0 atom stereocenters. The number of nitrogens with zero attached hydrogens (tertiary/aromatic N) is 5. The average molecular weight is 494 g/mol. The molecule has 0 aliphatic rings. The number of rotatable bonds is 4. The van der Waals surface area contributed by atoms with Crippen molar-refractivity contribution in [2.24, 2.45) is 0 Å². The van der Waals surface area contributed by atoms with Crippen LogP contribution in [0.25, 0.3) is 0 Å². The zero-order valence-corrected chi connectivity index (χ0v) is 18.5. The summed E-state index contributed by atoms with van der Waals surface area (Å²) in [6.07, 6.45) is 0. The van der Waals surface area contributed by atoms with Crippen LogP contribution in [0.3, 0.4) is 0 Å². The molecule has 0 unspecified atom stereocenters. The minimum atomic E-state index is -0.955. The van der Waals surface area contributed by atoms with E-state index in [1.54, 1.807) is 13.8 Å². The number of nitro groups is 1. The predicted octanol–water partition coefficient (Wildman–Crippen LogP) is 6.24. The summed E-state index contributed by atoms with van der Waals surface area (Å²) in [4.78, 5) is 27.3. The van der Waals surface area contributed by atoms with Gasteiger partial charge in [0.1, 0.15) is 32.3 Å². The van der Waals surface area contributed by atoms with Crippen molar-refractivity contribution < 1.29 is 4.92 Å². The monoisotopic (exact) mass is 491 g/mol. The van der Waals surface area contributed by atoms with E-state index in [2.05, 4.69) is 19.9 Å². The maximum Gasteiger partial charge on any atom is 0.269 e. The van der Waals surface area contributed by atoms with Crippen LogP contribution >= 0.6 is 58.0 Å². The molecule has 1 aromatic carbocycles. The fourth-order valence-electron chi connectivity index (χ4n) is 2.83. The van der Waals surface area contributed by atoms with E-state index < -0.39 is 10.8 Å². The molecule has 0 saturated heterocycles. The second-order valence-corrected chi connectivity index (χ2v) is 7.77. The van der Waals surface area contributed by atoms with Crippen molar-refractivity contribution in [3.05, 3.63) is 82.3 Å². The molecule has 2 aromatic heterocycles. The molecule has 0 fully saturated rings. The van der Waals surface area contributed by atoms with Gasteiger partial charge in [-0.3, -0.25) is 10.1 Å². The van der Waals surface area contributed by atoms with E-state index in [4.69, 9.17) is 58.0 Å². The van der Waals surface area contributed by atoms with Crippen molar-refractivity contribution >= 4 is 63.7 Å². The Bertz CT molecular complexity index is 1040. The standard InChI is InChI=1S/C17H10Cl5N5O2/c1-6-23-14(19)12(15(20)24-6)11(13-16(21)25-7(2)26-17(13)22)9-5-8(27(28)29)3-4-10(9)18/h3-5,11H,1-2H3. The molecule has 29 heavy (non-hydrogen) atoms. The summed E-state index contributed by atoms with van der Waals surface area (Å²) in [6.45, 7) is 3.23. The number of hydrogen-bond acceptors (Lipinski definition) is 6. The summed E-state index contributed by atoms with van der Waals surface area (Å²) < 4.78 is 0. The third-order valence-corrected chi connectivity index (χ3v) is 5.50. The highest BCUT2D eigenvalue weighted by atomic mass is 35.5. The lowest BCUT2D eigenvalue weighted by molar-refractivity contribution is -0.384. The topological polar surface area (TPSA) is 94.7 Å². The van der Waals surface area contributed by atoms with Crippen molar-refractivity contribution in [1.82, 2.24) is 19.9 Å². The van der Waals surface area contributed by atoms with Gasteiger partial charge in [-0.1, -0.05) is 58.0 Å². The number of aryl methyl sites for hydroxylation is 2. The van der Waals surface area contributed by atoms with E-state index in [1.165, 1.54) is 18.2 Å². The molecule has 2 heterocycles. The number of halogens is 5. The first kappa shape index (κ1) is 21.9. The molecule has 150 valence electrons. The highest BCUT2D eigenvalue weighted by molar-refractivity contribution is 6.37. The van der Waals surface area contributed by atoms with Gasteiger partial charge in [0.15, 0.2) is 0 Å². The molecule has 0 aliphatic carbocycles. The van der Waals surface area contributed by atoms with Gasteiger partial charge < -0.3 is 0 Å². The Morgan fingerprint density at radius 3 is 1.62 bits per heavy atom. The Labute approximate surface area is 190 Å². The lowest BCUT2D eigenvalue weighted by Gasteiger charge is -2.22. The molecule has 3 aromatic rings. The van der Waals surface area contributed by atoms with Gasteiger partial charge in [-0.2, -0.15) is 0 Å². The SMILES string of the molecule is Cc1nc(Cl)c(C(c2cc([N+](=O)[O-])ccc2Cl)c2c(Cl)nc(C)nc2Cl)c(Cl)n1. The average Bonchev–Trinajstić information content (AvgIpc) is 2.59. The van der Waals surface area contributed by atoms with Gasteiger partial charge in [-0.05, 0) is 25.5 Å². The van der Waals surface area contributed by atoms with Crippen LogP contribution in [0.1, 0.15) is 34.3 Å². The maximum absolute atomic E-state index is 11.3. The van der Waals surface area contributed by atoms with Gasteiger partial charge in [0.25, 0.3) is 5.69 Å². The first-order chi connectivity index (χ1) is 13.6. The first-order valence-electron chi connectivity index (χ1n) is 7.93. The van der Waals surface area contributed by atoms with Crippen molar-refractivity contribution in [2.75, 3.05) is 0 Å². The zero-order chi connectivity index (χ0) is 21.5.